The van der Waals surface area contributed by atoms with Crippen LogP contribution in [0.2, 0.25) is 0 Å². The van der Waals surface area contributed by atoms with Gasteiger partial charge in [0, 0.05) is 17.3 Å². The number of ether oxygens (including phenoxy) is 1. The van der Waals surface area contributed by atoms with Crippen molar-refractivity contribution < 1.29 is 19.1 Å². The molecule has 192 valence electrons. The Balaban J connectivity index is 3.65. The van der Waals surface area contributed by atoms with E-state index in [1.54, 1.807) is 25.7 Å². The van der Waals surface area contributed by atoms with Crippen LogP contribution in [0.25, 0.3) is 0 Å². The minimum atomic E-state index is -0.970. The van der Waals surface area contributed by atoms with Crippen molar-refractivity contribution in [2.75, 3.05) is 5.75 Å². The molecule has 2 atom stereocenters. The van der Waals surface area contributed by atoms with Crippen molar-refractivity contribution in [2.45, 2.75) is 105 Å². The molecule has 2 N–H and O–H groups in total. The number of alkyl carbamates (subject to hydrolysis) is 1. The number of hydrogen-bond acceptors (Lipinski definition) is 5. The zero-order valence-corrected chi connectivity index (χ0v) is 23.3. The van der Waals surface area contributed by atoms with Crippen LogP contribution in [0.4, 0.5) is 4.79 Å². The molecule has 0 spiro atoms. The molecule has 0 bridgehead atoms. The summed E-state index contributed by atoms with van der Waals surface area (Å²) in [5, 5.41) is 5.65. The molecule has 8 heteroatoms. The van der Waals surface area contributed by atoms with Gasteiger partial charge >= 0.3 is 6.09 Å². The number of rotatable bonds is 9. The third kappa shape index (κ3) is 7.93. The summed E-state index contributed by atoms with van der Waals surface area (Å²) < 4.78 is 5.36. The Morgan fingerprint density at radius 3 is 1.97 bits per heavy atom. The summed E-state index contributed by atoms with van der Waals surface area (Å²) in [5.74, 6) is -0.601. The predicted molar refractivity (Wildman–Crippen MR) is 140 cm³/mol. The Morgan fingerprint density at radius 2 is 1.56 bits per heavy atom. The standard InChI is InChI=1S/C26H43N3O4S/c1-11-26(9,10)29(23(31)19(15-34)28-24(32)33-25(6,7)8)21(22(30)27-16(2)3)20-17(4)13-12-14-18(20)5/h12-14,16,19,21,34H,11,15H2,1-10H3,(H,27,30)(H,28,32). The lowest BCUT2D eigenvalue weighted by Gasteiger charge is -2.45. The fourth-order valence-corrected chi connectivity index (χ4v) is 4.00. The summed E-state index contributed by atoms with van der Waals surface area (Å²) in [6.45, 7) is 18.7. The fourth-order valence-electron chi connectivity index (χ4n) is 3.75. The van der Waals surface area contributed by atoms with Crippen LogP contribution >= 0.6 is 12.6 Å². The molecular formula is C26H43N3O4S. The van der Waals surface area contributed by atoms with Crippen LogP contribution in [-0.4, -0.2) is 51.8 Å². The summed E-state index contributed by atoms with van der Waals surface area (Å²) in [4.78, 5) is 41.8. The molecule has 7 nitrogen and oxygen atoms in total. The van der Waals surface area contributed by atoms with Crippen molar-refractivity contribution in [1.29, 1.82) is 0 Å². The molecule has 0 aromatic heterocycles. The van der Waals surface area contributed by atoms with Gasteiger partial charge in [-0.1, -0.05) is 25.1 Å². The number of hydrogen-bond donors (Lipinski definition) is 3. The smallest absolute Gasteiger partial charge is 0.408 e. The van der Waals surface area contributed by atoms with Crippen LogP contribution in [0.15, 0.2) is 18.2 Å². The van der Waals surface area contributed by atoms with Gasteiger partial charge in [-0.2, -0.15) is 12.6 Å². The summed E-state index contributed by atoms with van der Waals surface area (Å²) in [7, 11) is 0. The van der Waals surface area contributed by atoms with E-state index in [9.17, 15) is 14.4 Å². The van der Waals surface area contributed by atoms with Crippen molar-refractivity contribution in [3.63, 3.8) is 0 Å². The number of aryl methyl sites for hydroxylation is 2. The van der Waals surface area contributed by atoms with Gasteiger partial charge in [0.25, 0.3) is 0 Å². The molecule has 1 rings (SSSR count). The van der Waals surface area contributed by atoms with E-state index in [1.807, 2.05) is 66.7 Å². The van der Waals surface area contributed by atoms with Crippen molar-refractivity contribution in [2.24, 2.45) is 0 Å². The first-order valence-electron chi connectivity index (χ1n) is 11.9. The van der Waals surface area contributed by atoms with Crippen LogP contribution in [0, 0.1) is 13.8 Å². The quantitative estimate of drug-likeness (QED) is 0.435. The van der Waals surface area contributed by atoms with Crippen molar-refractivity contribution >= 4 is 30.5 Å². The lowest BCUT2D eigenvalue weighted by atomic mass is 9.88. The zero-order chi connectivity index (χ0) is 26.4. The second kappa shape index (κ2) is 12.0. The molecular weight excluding hydrogens is 450 g/mol. The van der Waals surface area contributed by atoms with E-state index in [0.717, 1.165) is 16.7 Å². The fraction of sp³-hybridized carbons (Fsp3) is 0.654. The van der Waals surface area contributed by atoms with Gasteiger partial charge in [0.2, 0.25) is 11.8 Å². The van der Waals surface area contributed by atoms with Gasteiger partial charge < -0.3 is 20.3 Å². The Bertz CT molecular complexity index is 857. The molecule has 0 heterocycles. The van der Waals surface area contributed by atoms with Crippen molar-refractivity contribution in [3.05, 3.63) is 34.9 Å². The maximum Gasteiger partial charge on any atom is 0.408 e. The molecule has 0 fully saturated rings. The van der Waals surface area contributed by atoms with Gasteiger partial charge in [-0.3, -0.25) is 9.59 Å². The monoisotopic (exact) mass is 493 g/mol. The van der Waals surface area contributed by atoms with E-state index in [4.69, 9.17) is 4.74 Å². The molecule has 0 saturated heterocycles. The minimum Gasteiger partial charge on any atom is -0.444 e. The molecule has 34 heavy (non-hydrogen) atoms. The molecule has 1 aromatic rings. The number of amides is 3. The number of nitrogens with one attached hydrogen (secondary N) is 2. The van der Waals surface area contributed by atoms with Gasteiger partial charge in [-0.15, -0.1) is 0 Å². The van der Waals surface area contributed by atoms with E-state index in [1.165, 1.54) is 0 Å². The first kappa shape index (κ1) is 29.8. The first-order chi connectivity index (χ1) is 15.6. The number of carbonyl (C=O) groups excluding carboxylic acids is 3. The Hall–Kier alpha value is -2.22. The minimum absolute atomic E-state index is 0.0552. The second-order valence-corrected chi connectivity index (χ2v) is 11.0. The van der Waals surface area contributed by atoms with Gasteiger partial charge in [0.15, 0.2) is 0 Å². The van der Waals surface area contributed by atoms with Crippen molar-refractivity contribution in [3.8, 4) is 0 Å². The highest BCUT2D eigenvalue weighted by atomic mass is 32.1. The average molecular weight is 494 g/mol. The number of thiol groups is 1. The second-order valence-electron chi connectivity index (χ2n) is 10.6. The lowest BCUT2D eigenvalue weighted by molar-refractivity contribution is -0.149. The maximum absolute atomic E-state index is 14.0. The van der Waals surface area contributed by atoms with Gasteiger partial charge in [-0.05, 0) is 85.4 Å². The Morgan fingerprint density at radius 1 is 1.03 bits per heavy atom. The molecule has 3 amide bonds. The Labute approximate surface area is 210 Å². The molecule has 0 aliphatic carbocycles. The molecule has 1 aromatic carbocycles. The summed E-state index contributed by atoms with van der Waals surface area (Å²) in [5.41, 5.74) is 1.20. The highest BCUT2D eigenvalue weighted by Crippen LogP contribution is 2.35. The molecule has 0 radical (unpaired) electrons. The SMILES string of the molecule is CCC(C)(C)N(C(=O)C(CS)NC(=O)OC(C)(C)C)C(C(=O)NC(C)C)c1c(C)cccc1C. The van der Waals surface area contributed by atoms with Crippen LogP contribution < -0.4 is 10.6 Å². The third-order valence-corrected chi connectivity index (χ3v) is 6.04. The van der Waals surface area contributed by atoms with Crippen LogP contribution in [-0.2, 0) is 14.3 Å². The van der Waals surface area contributed by atoms with Crippen molar-refractivity contribution in [1.82, 2.24) is 15.5 Å². The van der Waals surface area contributed by atoms with Crippen LogP contribution in [0.1, 0.15) is 84.5 Å². The largest absolute Gasteiger partial charge is 0.444 e. The zero-order valence-electron chi connectivity index (χ0n) is 22.4. The van der Waals surface area contributed by atoms with Gasteiger partial charge in [0.05, 0.1) is 0 Å². The Kier molecular flexibility index (Phi) is 10.5. The van der Waals surface area contributed by atoms with E-state index in [0.29, 0.717) is 6.42 Å². The highest BCUT2D eigenvalue weighted by molar-refractivity contribution is 7.80. The number of nitrogens with zero attached hydrogens (tertiary/aromatic N) is 1. The van der Waals surface area contributed by atoms with Crippen LogP contribution in [0.3, 0.4) is 0 Å². The van der Waals surface area contributed by atoms with E-state index in [-0.39, 0.29) is 23.6 Å². The number of benzene rings is 1. The molecule has 2 unspecified atom stereocenters. The third-order valence-electron chi connectivity index (χ3n) is 5.68. The number of carbonyl (C=O) groups is 3. The summed E-state index contributed by atoms with van der Waals surface area (Å²) in [6, 6.07) is 3.85. The lowest BCUT2D eigenvalue weighted by Crippen LogP contribution is -2.60. The predicted octanol–water partition coefficient (Wildman–Crippen LogP) is 4.71. The first-order valence-corrected chi connectivity index (χ1v) is 12.5. The van der Waals surface area contributed by atoms with E-state index in [2.05, 4.69) is 23.3 Å². The maximum atomic E-state index is 14.0. The normalized spacial score (nSPS) is 13.8. The van der Waals surface area contributed by atoms with Crippen LogP contribution in [0.5, 0.6) is 0 Å². The topological polar surface area (TPSA) is 87.7 Å². The van der Waals surface area contributed by atoms with Gasteiger partial charge in [0.1, 0.15) is 17.7 Å². The molecule has 0 aliphatic heterocycles. The summed E-state index contributed by atoms with van der Waals surface area (Å²) in [6.07, 6.45) is -0.106. The average Bonchev–Trinajstić information content (AvgIpc) is 2.68. The highest BCUT2D eigenvalue weighted by Gasteiger charge is 2.43. The summed E-state index contributed by atoms with van der Waals surface area (Å²) >= 11 is 4.35. The molecule has 0 saturated carbocycles. The molecule has 0 aliphatic rings. The van der Waals surface area contributed by atoms with E-state index >= 15 is 0 Å². The van der Waals surface area contributed by atoms with Gasteiger partial charge in [-0.25, -0.2) is 4.79 Å². The van der Waals surface area contributed by atoms with E-state index < -0.39 is 29.3 Å².